The number of hydrogen-bond donors (Lipinski definition) is 2. The van der Waals surface area contributed by atoms with Crippen LogP contribution in [0.25, 0.3) is 10.9 Å². The van der Waals surface area contributed by atoms with Crippen LogP contribution in [0, 0.1) is 12.8 Å². The molecule has 3 aromatic rings. The number of benzene rings is 2. The van der Waals surface area contributed by atoms with E-state index < -0.39 is 0 Å². The first-order chi connectivity index (χ1) is 16.8. The number of para-hydroxylation sites is 1. The van der Waals surface area contributed by atoms with Gasteiger partial charge in [-0.15, -0.1) is 12.4 Å². The Bertz CT molecular complexity index is 1050. The predicted octanol–water partition coefficient (Wildman–Crippen LogP) is 6.05. The molecule has 0 bridgehead atoms. The number of fused-ring (bicyclic) bond motifs is 1. The second kappa shape index (κ2) is 12.9. The van der Waals surface area contributed by atoms with Crippen LogP contribution in [0.15, 0.2) is 54.7 Å². The van der Waals surface area contributed by atoms with Crippen LogP contribution < -0.4 is 10.6 Å². The second-order valence-corrected chi connectivity index (χ2v) is 10.4. The van der Waals surface area contributed by atoms with E-state index in [0.29, 0.717) is 5.92 Å². The zero-order chi connectivity index (χ0) is 23.2. The van der Waals surface area contributed by atoms with Gasteiger partial charge in [0.25, 0.3) is 0 Å². The molecular weight excluding hydrogens is 454 g/mol. The highest BCUT2D eigenvalue weighted by Gasteiger charge is 2.22. The maximum atomic E-state index is 5.87. The quantitative estimate of drug-likeness (QED) is 0.355. The summed E-state index contributed by atoms with van der Waals surface area (Å²) >= 11 is 0. The van der Waals surface area contributed by atoms with E-state index in [0.717, 1.165) is 51.7 Å². The van der Waals surface area contributed by atoms with Crippen molar-refractivity contribution in [3.8, 4) is 0 Å². The molecule has 4 nitrogen and oxygen atoms in total. The molecule has 5 rings (SSSR count). The van der Waals surface area contributed by atoms with Gasteiger partial charge in [0.15, 0.2) is 0 Å². The summed E-state index contributed by atoms with van der Waals surface area (Å²) in [5, 5.41) is 8.54. The molecule has 1 saturated heterocycles. The molecule has 2 unspecified atom stereocenters. The van der Waals surface area contributed by atoms with Crippen LogP contribution >= 0.6 is 12.4 Å². The van der Waals surface area contributed by atoms with Crippen LogP contribution in [0.2, 0.25) is 0 Å². The highest BCUT2D eigenvalue weighted by molar-refractivity contribution is 5.85. The third kappa shape index (κ3) is 6.68. The van der Waals surface area contributed by atoms with Gasteiger partial charge >= 0.3 is 0 Å². The SMILES string of the molecule is Cc1cccc(C(CCNCC2CNCCO2)c2cn(CC3CCCCC3)c3ccccc23)c1.Cl. The monoisotopic (exact) mass is 495 g/mol. The lowest BCUT2D eigenvalue weighted by Crippen LogP contribution is -2.44. The van der Waals surface area contributed by atoms with Crippen molar-refractivity contribution in [2.24, 2.45) is 5.92 Å². The summed E-state index contributed by atoms with van der Waals surface area (Å²) in [6.07, 6.45) is 10.8. The number of morpholine rings is 1. The van der Waals surface area contributed by atoms with E-state index in [1.165, 1.54) is 59.7 Å². The van der Waals surface area contributed by atoms with Crippen molar-refractivity contribution in [1.29, 1.82) is 0 Å². The van der Waals surface area contributed by atoms with E-state index in [9.17, 15) is 0 Å². The molecule has 1 aliphatic heterocycles. The van der Waals surface area contributed by atoms with Crippen LogP contribution in [-0.2, 0) is 11.3 Å². The lowest BCUT2D eigenvalue weighted by molar-refractivity contribution is 0.0293. The highest BCUT2D eigenvalue weighted by atomic mass is 35.5. The molecule has 0 radical (unpaired) electrons. The van der Waals surface area contributed by atoms with Crippen LogP contribution in [0.1, 0.15) is 61.1 Å². The molecule has 1 aliphatic carbocycles. The van der Waals surface area contributed by atoms with E-state index >= 15 is 0 Å². The summed E-state index contributed by atoms with van der Waals surface area (Å²) in [6.45, 7) is 8.00. The Balaban J connectivity index is 0.00000289. The van der Waals surface area contributed by atoms with Crippen molar-refractivity contribution in [3.05, 3.63) is 71.4 Å². The molecule has 35 heavy (non-hydrogen) atoms. The minimum absolute atomic E-state index is 0. The van der Waals surface area contributed by atoms with Crippen molar-refractivity contribution < 1.29 is 4.74 Å². The number of ether oxygens (including phenoxy) is 1. The number of nitrogens with zero attached hydrogens (tertiary/aromatic N) is 1. The number of aromatic nitrogens is 1. The lowest BCUT2D eigenvalue weighted by Gasteiger charge is -2.24. The normalized spacial score (nSPS) is 20.0. The molecule has 5 heteroatoms. The fraction of sp³-hybridized carbons (Fsp3) is 0.533. The van der Waals surface area contributed by atoms with Gasteiger partial charge < -0.3 is 19.9 Å². The first-order valence-electron chi connectivity index (χ1n) is 13.5. The largest absolute Gasteiger partial charge is 0.374 e. The number of halogens is 1. The van der Waals surface area contributed by atoms with Crippen LogP contribution in [0.4, 0.5) is 0 Å². The first kappa shape index (κ1) is 26.2. The summed E-state index contributed by atoms with van der Waals surface area (Å²) in [5.74, 6) is 1.20. The molecule has 2 aliphatic rings. The smallest absolute Gasteiger partial charge is 0.0824 e. The standard InChI is InChI=1S/C30H41N3O.ClH/c1-23-8-7-11-25(18-23)27(14-15-31-19-26-20-32-16-17-34-26)29-22-33(21-24-9-3-2-4-10-24)30-13-6-5-12-28(29)30;/h5-8,11-13,18,22,24,26-27,31-32H,2-4,9-10,14-17,19-21H2,1H3;1H. The first-order valence-corrected chi connectivity index (χ1v) is 13.5. The highest BCUT2D eigenvalue weighted by Crippen LogP contribution is 2.36. The Labute approximate surface area is 217 Å². The summed E-state index contributed by atoms with van der Waals surface area (Å²) in [4.78, 5) is 0. The van der Waals surface area contributed by atoms with Gasteiger partial charge in [-0.25, -0.2) is 0 Å². The van der Waals surface area contributed by atoms with Crippen molar-refractivity contribution in [1.82, 2.24) is 15.2 Å². The molecule has 0 spiro atoms. The molecule has 1 aromatic heterocycles. The van der Waals surface area contributed by atoms with Gasteiger partial charge in [0.1, 0.15) is 0 Å². The Morgan fingerprint density at radius 3 is 2.74 bits per heavy atom. The zero-order valence-corrected chi connectivity index (χ0v) is 22.0. The van der Waals surface area contributed by atoms with E-state index in [1.54, 1.807) is 0 Å². The van der Waals surface area contributed by atoms with Gasteiger partial charge in [-0.2, -0.15) is 0 Å². The Kier molecular flexibility index (Phi) is 9.67. The van der Waals surface area contributed by atoms with E-state index in [2.05, 4.69) is 76.9 Å². The molecule has 2 heterocycles. The summed E-state index contributed by atoms with van der Waals surface area (Å²) < 4.78 is 8.44. The molecule has 2 atom stereocenters. The lowest BCUT2D eigenvalue weighted by atomic mass is 9.87. The Morgan fingerprint density at radius 2 is 1.94 bits per heavy atom. The van der Waals surface area contributed by atoms with Crippen LogP contribution in [0.5, 0.6) is 0 Å². The fourth-order valence-electron chi connectivity index (χ4n) is 6.00. The Morgan fingerprint density at radius 1 is 1.09 bits per heavy atom. The number of nitrogens with one attached hydrogen (secondary N) is 2. The number of hydrogen-bond acceptors (Lipinski definition) is 3. The molecular formula is C30H42ClN3O. The van der Waals surface area contributed by atoms with Crippen LogP contribution in [0.3, 0.4) is 0 Å². The number of rotatable bonds is 9. The molecule has 2 aromatic carbocycles. The van der Waals surface area contributed by atoms with Gasteiger partial charge in [0.05, 0.1) is 12.7 Å². The van der Waals surface area contributed by atoms with Crippen molar-refractivity contribution in [2.75, 3.05) is 32.8 Å². The summed E-state index contributed by atoms with van der Waals surface area (Å²) in [5.41, 5.74) is 5.64. The van der Waals surface area contributed by atoms with E-state index in [-0.39, 0.29) is 18.5 Å². The van der Waals surface area contributed by atoms with Gasteiger partial charge in [0.2, 0.25) is 0 Å². The topological polar surface area (TPSA) is 38.2 Å². The van der Waals surface area contributed by atoms with Gasteiger partial charge in [-0.3, -0.25) is 0 Å². The molecule has 2 N–H and O–H groups in total. The summed E-state index contributed by atoms with van der Waals surface area (Å²) in [7, 11) is 0. The third-order valence-electron chi connectivity index (χ3n) is 7.81. The molecule has 1 saturated carbocycles. The van der Waals surface area contributed by atoms with Crippen LogP contribution in [-0.4, -0.2) is 43.5 Å². The predicted molar refractivity (Wildman–Crippen MR) is 149 cm³/mol. The molecule has 190 valence electrons. The second-order valence-electron chi connectivity index (χ2n) is 10.4. The van der Waals surface area contributed by atoms with Crippen molar-refractivity contribution in [3.63, 3.8) is 0 Å². The maximum Gasteiger partial charge on any atom is 0.0824 e. The fourth-order valence-corrected chi connectivity index (χ4v) is 6.00. The zero-order valence-electron chi connectivity index (χ0n) is 21.2. The summed E-state index contributed by atoms with van der Waals surface area (Å²) in [6, 6.07) is 18.2. The van der Waals surface area contributed by atoms with Gasteiger partial charge in [0, 0.05) is 49.2 Å². The third-order valence-corrected chi connectivity index (χ3v) is 7.81. The Hall–Kier alpha value is -1.85. The average molecular weight is 496 g/mol. The minimum Gasteiger partial charge on any atom is -0.374 e. The van der Waals surface area contributed by atoms with Crippen molar-refractivity contribution >= 4 is 23.3 Å². The molecule has 0 amide bonds. The average Bonchev–Trinajstić information content (AvgIpc) is 3.23. The molecule has 2 fully saturated rings. The number of aryl methyl sites for hydroxylation is 1. The van der Waals surface area contributed by atoms with Gasteiger partial charge in [-0.1, -0.05) is 67.3 Å². The van der Waals surface area contributed by atoms with E-state index in [1.807, 2.05) is 0 Å². The maximum absolute atomic E-state index is 5.87. The van der Waals surface area contributed by atoms with Gasteiger partial charge in [-0.05, 0) is 55.8 Å². The van der Waals surface area contributed by atoms with E-state index in [4.69, 9.17) is 4.74 Å². The van der Waals surface area contributed by atoms with Crippen molar-refractivity contribution in [2.45, 2.75) is 64.0 Å². The minimum atomic E-state index is 0.